The number of nitrogens with zero attached hydrogens (tertiary/aromatic N) is 1. The summed E-state index contributed by atoms with van der Waals surface area (Å²) in [5.41, 5.74) is 9.91. The fourth-order valence-electron chi connectivity index (χ4n) is 2.16. The van der Waals surface area contributed by atoms with Crippen molar-refractivity contribution in [1.29, 1.82) is 0 Å². The number of aryl methyl sites for hydroxylation is 1. The Balaban J connectivity index is 1.55. The molecule has 0 unspecified atom stereocenters. The molecule has 3 rings (SSSR count). The monoisotopic (exact) mass is 283 g/mol. The Morgan fingerprint density at radius 2 is 1.95 bits per heavy atom. The summed E-state index contributed by atoms with van der Waals surface area (Å²) >= 11 is 1.76. The fraction of sp³-hybridized carbons (Fsp3) is 0.188. The molecule has 3 N–H and O–H groups in total. The molecular formula is C16H17N3S. The Morgan fingerprint density at radius 1 is 1.10 bits per heavy atom. The number of thioether (sulfide) groups is 1. The van der Waals surface area contributed by atoms with Crippen LogP contribution in [0.15, 0.2) is 53.7 Å². The molecule has 0 aliphatic rings. The number of aromatic nitrogens is 2. The van der Waals surface area contributed by atoms with Crippen molar-refractivity contribution in [3.8, 4) is 0 Å². The van der Waals surface area contributed by atoms with Crippen molar-refractivity contribution in [3.05, 3.63) is 54.1 Å². The average molecular weight is 283 g/mol. The zero-order valence-corrected chi connectivity index (χ0v) is 12.0. The van der Waals surface area contributed by atoms with Crippen LogP contribution in [0.2, 0.25) is 0 Å². The zero-order valence-electron chi connectivity index (χ0n) is 11.2. The molecule has 1 aromatic heterocycles. The van der Waals surface area contributed by atoms with Crippen LogP contribution in [0.3, 0.4) is 0 Å². The molecule has 1 heterocycles. The maximum Gasteiger partial charge on any atom is 0.166 e. The van der Waals surface area contributed by atoms with Gasteiger partial charge in [0.2, 0.25) is 0 Å². The summed E-state index contributed by atoms with van der Waals surface area (Å²) in [6.07, 6.45) is 2.26. The maximum atomic E-state index is 5.76. The zero-order chi connectivity index (χ0) is 13.8. The van der Waals surface area contributed by atoms with Crippen LogP contribution in [0.25, 0.3) is 11.0 Å². The van der Waals surface area contributed by atoms with Gasteiger partial charge in [0, 0.05) is 11.4 Å². The van der Waals surface area contributed by atoms with E-state index in [1.54, 1.807) is 11.8 Å². The fourth-order valence-corrected chi connectivity index (χ4v) is 2.99. The number of aromatic amines is 1. The van der Waals surface area contributed by atoms with Crippen molar-refractivity contribution in [2.75, 3.05) is 11.5 Å². The van der Waals surface area contributed by atoms with E-state index < -0.39 is 0 Å². The van der Waals surface area contributed by atoms with Crippen LogP contribution in [-0.2, 0) is 6.42 Å². The summed E-state index contributed by atoms with van der Waals surface area (Å²) in [7, 11) is 0. The van der Waals surface area contributed by atoms with Crippen LogP contribution < -0.4 is 5.73 Å². The standard InChI is InChI=1S/C16H17N3S/c17-13-8-9-14-15(11-13)19-16(18-14)20-10-4-7-12-5-2-1-3-6-12/h1-3,5-6,8-9,11H,4,7,10,17H2,(H,18,19). The molecule has 3 aromatic rings. The summed E-state index contributed by atoms with van der Waals surface area (Å²) in [5, 5.41) is 0.971. The molecule has 3 nitrogen and oxygen atoms in total. The Labute approximate surface area is 122 Å². The molecule has 0 fully saturated rings. The number of fused-ring (bicyclic) bond motifs is 1. The van der Waals surface area contributed by atoms with Gasteiger partial charge in [-0.15, -0.1) is 0 Å². The molecule has 0 spiro atoms. The number of hydrogen-bond donors (Lipinski definition) is 2. The number of anilines is 1. The first-order valence-electron chi connectivity index (χ1n) is 6.73. The van der Waals surface area contributed by atoms with E-state index in [0.717, 1.165) is 40.5 Å². The van der Waals surface area contributed by atoms with E-state index >= 15 is 0 Å². The Kier molecular flexibility index (Phi) is 3.92. The first-order chi connectivity index (χ1) is 9.81. The highest BCUT2D eigenvalue weighted by Gasteiger charge is 2.03. The average Bonchev–Trinajstić information content (AvgIpc) is 2.86. The number of hydrogen-bond acceptors (Lipinski definition) is 3. The summed E-state index contributed by atoms with van der Waals surface area (Å²) in [6, 6.07) is 16.3. The number of nitrogens with two attached hydrogens (primary N) is 1. The van der Waals surface area contributed by atoms with Crippen LogP contribution in [0, 0.1) is 0 Å². The van der Waals surface area contributed by atoms with Gasteiger partial charge in [-0.05, 0) is 36.6 Å². The normalized spacial score (nSPS) is 11.0. The Hall–Kier alpha value is -1.94. The molecule has 2 aromatic carbocycles. The maximum absolute atomic E-state index is 5.76. The Bertz CT molecular complexity index is 691. The largest absolute Gasteiger partial charge is 0.399 e. The molecule has 4 heteroatoms. The van der Waals surface area contributed by atoms with Crippen LogP contribution >= 0.6 is 11.8 Å². The molecule has 0 amide bonds. The number of nitrogen functional groups attached to an aromatic ring is 1. The van der Waals surface area contributed by atoms with Gasteiger partial charge in [-0.2, -0.15) is 0 Å². The number of H-pyrrole nitrogens is 1. The van der Waals surface area contributed by atoms with Crippen molar-refractivity contribution in [1.82, 2.24) is 9.97 Å². The summed E-state index contributed by atoms with van der Waals surface area (Å²) in [4.78, 5) is 7.86. The van der Waals surface area contributed by atoms with Gasteiger partial charge in [-0.1, -0.05) is 42.1 Å². The molecule has 102 valence electrons. The lowest BCUT2D eigenvalue weighted by Gasteiger charge is -1.99. The molecule has 0 atom stereocenters. The van der Waals surface area contributed by atoms with Crippen molar-refractivity contribution < 1.29 is 0 Å². The molecule has 0 aliphatic carbocycles. The minimum absolute atomic E-state index is 0.766. The topological polar surface area (TPSA) is 54.7 Å². The highest BCUT2D eigenvalue weighted by atomic mass is 32.2. The van der Waals surface area contributed by atoms with Gasteiger partial charge in [0.1, 0.15) is 0 Å². The van der Waals surface area contributed by atoms with Gasteiger partial charge in [0.25, 0.3) is 0 Å². The van der Waals surface area contributed by atoms with E-state index in [4.69, 9.17) is 5.73 Å². The number of imidazole rings is 1. The SMILES string of the molecule is Nc1ccc2nc(SCCCc3ccccc3)[nH]c2c1. The van der Waals surface area contributed by atoms with Crippen molar-refractivity contribution in [2.24, 2.45) is 0 Å². The number of nitrogens with one attached hydrogen (secondary N) is 1. The van der Waals surface area contributed by atoms with Crippen molar-refractivity contribution in [3.63, 3.8) is 0 Å². The van der Waals surface area contributed by atoms with Gasteiger partial charge >= 0.3 is 0 Å². The molecule has 0 radical (unpaired) electrons. The molecular weight excluding hydrogens is 266 g/mol. The third-order valence-electron chi connectivity index (χ3n) is 3.18. The van der Waals surface area contributed by atoms with E-state index in [9.17, 15) is 0 Å². The van der Waals surface area contributed by atoms with Crippen molar-refractivity contribution >= 4 is 28.5 Å². The second-order valence-electron chi connectivity index (χ2n) is 4.76. The minimum atomic E-state index is 0.766. The molecule has 0 saturated carbocycles. The summed E-state index contributed by atoms with van der Waals surface area (Å²) in [5.74, 6) is 1.06. The molecule has 0 saturated heterocycles. The highest BCUT2D eigenvalue weighted by molar-refractivity contribution is 7.99. The first kappa shape index (κ1) is 13.1. The van der Waals surface area contributed by atoms with E-state index in [0.29, 0.717) is 0 Å². The second-order valence-corrected chi connectivity index (χ2v) is 5.84. The van der Waals surface area contributed by atoms with Crippen molar-refractivity contribution in [2.45, 2.75) is 18.0 Å². The lowest BCUT2D eigenvalue weighted by molar-refractivity contribution is 0.928. The van der Waals surface area contributed by atoms with E-state index in [-0.39, 0.29) is 0 Å². The third kappa shape index (κ3) is 3.14. The van der Waals surface area contributed by atoms with E-state index in [1.807, 2.05) is 18.2 Å². The quantitative estimate of drug-likeness (QED) is 0.424. The van der Waals surface area contributed by atoms with Crippen LogP contribution in [-0.4, -0.2) is 15.7 Å². The summed E-state index contributed by atoms with van der Waals surface area (Å²) in [6.45, 7) is 0. The lowest BCUT2D eigenvalue weighted by atomic mass is 10.1. The highest BCUT2D eigenvalue weighted by Crippen LogP contribution is 2.22. The Morgan fingerprint density at radius 3 is 2.80 bits per heavy atom. The van der Waals surface area contributed by atoms with Gasteiger partial charge in [-0.25, -0.2) is 4.98 Å². The minimum Gasteiger partial charge on any atom is -0.399 e. The predicted octanol–water partition coefficient (Wildman–Crippen LogP) is 3.87. The van der Waals surface area contributed by atoms with Gasteiger partial charge < -0.3 is 10.7 Å². The van der Waals surface area contributed by atoms with Crippen LogP contribution in [0.1, 0.15) is 12.0 Å². The number of benzene rings is 2. The van der Waals surface area contributed by atoms with E-state index in [2.05, 4.69) is 40.3 Å². The second kappa shape index (κ2) is 6.01. The third-order valence-corrected chi connectivity index (χ3v) is 4.14. The number of rotatable bonds is 5. The molecule has 0 aliphatic heterocycles. The van der Waals surface area contributed by atoms with Crippen LogP contribution in [0.5, 0.6) is 0 Å². The summed E-state index contributed by atoms with van der Waals surface area (Å²) < 4.78 is 0. The van der Waals surface area contributed by atoms with Gasteiger partial charge in [-0.3, -0.25) is 0 Å². The first-order valence-corrected chi connectivity index (χ1v) is 7.72. The molecule has 20 heavy (non-hydrogen) atoms. The van der Waals surface area contributed by atoms with E-state index in [1.165, 1.54) is 5.56 Å². The predicted molar refractivity (Wildman–Crippen MR) is 86.0 cm³/mol. The van der Waals surface area contributed by atoms with Gasteiger partial charge in [0.05, 0.1) is 11.0 Å². The lowest BCUT2D eigenvalue weighted by Crippen LogP contribution is -1.87. The van der Waals surface area contributed by atoms with Gasteiger partial charge in [0.15, 0.2) is 5.16 Å². The van der Waals surface area contributed by atoms with Crippen LogP contribution in [0.4, 0.5) is 5.69 Å². The smallest absolute Gasteiger partial charge is 0.166 e. The molecule has 0 bridgehead atoms.